The van der Waals surface area contributed by atoms with E-state index in [0.29, 0.717) is 18.8 Å². The number of carbonyl (C=O) groups excluding carboxylic acids is 1. The van der Waals surface area contributed by atoms with Crippen molar-refractivity contribution in [1.29, 1.82) is 0 Å². The molecule has 1 amide bonds. The lowest BCUT2D eigenvalue weighted by molar-refractivity contribution is 0.0383. The van der Waals surface area contributed by atoms with Crippen LogP contribution < -0.4 is 10.6 Å². The predicted octanol–water partition coefficient (Wildman–Crippen LogP) is 2.06. The maximum atomic E-state index is 12.3. The van der Waals surface area contributed by atoms with Gasteiger partial charge >= 0.3 is 0 Å². The zero-order valence-electron chi connectivity index (χ0n) is 15.2. The van der Waals surface area contributed by atoms with Gasteiger partial charge in [0.1, 0.15) is 5.69 Å². The lowest BCUT2D eigenvalue weighted by Crippen LogP contribution is -2.41. The summed E-state index contributed by atoms with van der Waals surface area (Å²) in [6.07, 6.45) is 1.66. The largest absolute Gasteiger partial charge is 0.381 e. The van der Waals surface area contributed by atoms with Gasteiger partial charge in [0.05, 0.1) is 13.2 Å². The van der Waals surface area contributed by atoms with E-state index in [4.69, 9.17) is 4.74 Å². The van der Waals surface area contributed by atoms with E-state index in [1.54, 1.807) is 12.3 Å². The molecule has 0 unspecified atom stereocenters. The molecule has 1 saturated heterocycles. The van der Waals surface area contributed by atoms with Crippen LogP contribution in [-0.4, -0.2) is 55.2 Å². The number of benzene rings is 1. The number of morpholine rings is 1. The second-order valence-corrected chi connectivity index (χ2v) is 6.48. The number of ether oxygens (including phenoxy) is 1. The smallest absolute Gasteiger partial charge is 0.269 e. The molecule has 0 radical (unpaired) electrons. The van der Waals surface area contributed by atoms with Crippen LogP contribution in [0.15, 0.2) is 42.6 Å². The Bertz CT molecular complexity index is 729. The molecule has 2 N–H and O–H groups in total. The quantitative estimate of drug-likeness (QED) is 0.797. The summed E-state index contributed by atoms with van der Waals surface area (Å²) in [7, 11) is 0. The Labute approximate surface area is 154 Å². The summed E-state index contributed by atoms with van der Waals surface area (Å²) < 4.78 is 5.33. The molecule has 0 bridgehead atoms. The minimum Gasteiger partial charge on any atom is -0.381 e. The van der Waals surface area contributed by atoms with Crippen molar-refractivity contribution in [2.24, 2.45) is 0 Å². The molecule has 1 aromatic carbocycles. The number of hydrogen-bond donors (Lipinski definition) is 2. The summed E-state index contributed by atoms with van der Waals surface area (Å²) in [5, 5.41) is 6.29. The number of carbonyl (C=O) groups is 1. The van der Waals surface area contributed by atoms with Gasteiger partial charge in [0.15, 0.2) is 0 Å². The molecule has 6 nitrogen and oxygen atoms in total. The second kappa shape index (κ2) is 9.31. The zero-order chi connectivity index (χ0) is 18.2. The van der Waals surface area contributed by atoms with Crippen molar-refractivity contribution in [3.05, 3.63) is 59.4 Å². The highest BCUT2D eigenvalue weighted by Gasteiger charge is 2.11. The Morgan fingerprint density at radius 2 is 2.08 bits per heavy atom. The Balaban J connectivity index is 1.48. The molecule has 138 valence electrons. The molecule has 1 fully saturated rings. The first-order valence-electron chi connectivity index (χ1n) is 9.04. The Kier molecular flexibility index (Phi) is 6.57. The molecular weight excluding hydrogens is 328 g/mol. The minimum absolute atomic E-state index is 0.141. The number of pyridine rings is 1. The fourth-order valence-corrected chi connectivity index (χ4v) is 2.93. The van der Waals surface area contributed by atoms with E-state index in [-0.39, 0.29) is 5.91 Å². The van der Waals surface area contributed by atoms with Gasteiger partial charge in [-0.15, -0.1) is 0 Å². The second-order valence-electron chi connectivity index (χ2n) is 6.48. The summed E-state index contributed by atoms with van der Waals surface area (Å²) >= 11 is 0. The molecule has 26 heavy (non-hydrogen) atoms. The Hall–Kier alpha value is -2.44. The van der Waals surface area contributed by atoms with E-state index in [2.05, 4.69) is 45.6 Å². The highest BCUT2D eigenvalue weighted by Crippen LogP contribution is 2.11. The van der Waals surface area contributed by atoms with E-state index in [0.717, 1.165) is 38.5 Å². The van der Waals surface area contributed by atoms with Crippen LogP contribution in [-0.2, 0) is 11.3 Å². The summed E-state index contributed by atoms with van der Waals surface area (Å²) in [6.45, 7) is 7.62. The molecule has 6 heteroatoms. The van der Waals surface area contributed by atoms with E-state index in [1.807, 2.05) is 12.1 Å². The summed E-state index contributed by atoms with van der Waals surface area (Å²) in [5.74, 6) is -0.141. The Morgan fingerprint density at radius 3 is 2.88 bits per heavy atom. The van der Waals surface area contributed by atoms with Crippen LogP contribution in [0.3, 0.4) is 0 Å². The third kappa shape index (κ3) is 5.54. The maximum absolute atomic E-state index is 12.3. The number of anilines is 1. The van der Waals surface area contributed by atoms with Gasteiger partial charge in [0.2, 0.25) is 0 Å². The van der Waals surface area contributed by atoms with Crippen LogP contribution >= 0.6 is 0 Å². The summed E-state index contributed by atoms with van der Waals surface area (Å²) in [6, 6.07) is 12.0. The van der Waals surface area contributed by atoms with Crippen molar-refractivity contribution in [2.45, 2.75) is 13.5 Å². The van der Waals surface area contributed by atoms with Crippen molar-refractivity contribution in [3.8, 4) is 0 Å². The van der Waals surface area contributed by atoms with Gasteiger partial charge in [0, 0.05) is 44.6 Å². The summed E-state index contributed by atoms with van der Waals surface area (Å²) in [5.41, 5.74) is 3.76. The third-order valence-electron chi connectivity index (χ3n) is 4.39. The molecule has 2 heterocycles. The molecule has 1 aliphatic rings. The van der Waals surface area contributed by atoms with Crippen molar-refractivity contribution in [1.82, 2.24) is 15.2 Å². The van der Waals surface area contributed by atoms with Crippen LogP contribution in [0.25, 0.3) is 0 Å². The number of aryl methyl sites for hydroxylation is 1. The normalized spacial score (nSPS) is 14.8. The molecule has 0 atom stereocenters. The maximum Gasteiger partial charge on any atom is 0.269 e. The van der Waals surface area contributed by atoms with Gasteiger partial charge in [-0.25, -0.2) is 0 Å². The van der Waals surface area contributed by atoms with E-state index in [1.165, 1.54) is 11.1 Å². The molecule has 1 aromatic heterocycles. The van der Waals surface area contributed by atoms with Crippen molar-refractivity contribution >= 4 is 11.6 Å². The Morgan fingerprint density at radius 1 is 1.23 bits per heavy atom. The van der Waals surface area contributed by atoms with E-state index in [9.17, 15) is 4.79 Å². The van der Waals surface area contributed by atoms with Gasteiger partial charge in [-0.2, -0.15) is 0 Å². The van der Waals surface area contributed by atoms with Crippen LogP contribution in [0.5, 0.6) is 0 Å². The molecule has 0 aliphatic carbocycles. The van der Waals surface area contributed by atoms with Gasteiger partial charge in [0.25, 0.3) is 5.91 Å². The topological polar surface area (TPSA) is 66.5 Å². The third-order valence-corrected chi connectivity index (χ3v) is 4.39. The van der Waals surface area contributed by atoms with E-state index >= 15 is 0 Å². The van der Waals surface area contributed by atoms with Gasteiger partial charge in [-0.3, -0.25) is 14.7 Å². The minimum atomic E-state index is -0.141. The highest BCUT2D eigenvalue weighted by atomic mass is 16.5. The van der Waals surface area contributed by atoms with Crippen LogP contribution in [0.2, 0.25) is 0 Å². The van der Waals surface area contributed by atoms with Crippen molar-refractivity contribution < 1.29 is 9.53 Å². The SMILES string of the molecule is Cc1cccc(CNc2ccnc(C(=O)NCCN3CCOCC3)c2)c1. The lowest BCUT2D eigenvalue weighted by atomic mass is 10.1. The average molecular weight is 354 g/mol. The zero-order valence-corrected chi connectivity index (χ0v) is 15.2. The molecule has 3 rings (SSSR count). The number of nitrogens with zero attached hydrogens (tertiary/aromatic N) is 2. The standard InChI is InChI=1S/C20H26N4O2/c1-16-3-2-4-17(13-16)15-23-18-5-6-21-19(14-18)20(25)22-7-8-24-9-11-26-12-10-24/h2-6,13-14H,7-12,15H2,1H3,(H,21,23)(H,22,25). The first-order chi connectivity index (χ1) is 12.7. The molecule has 0 saturated carbocycles. The van der Waals surface area contributed by atoms with Crippen LogP contribution in [0.4, 0.5) is 5.69 Å². The van der Waals surface area contributed by atoms with Crippen molar-refractivity contribution in [2.75, 3.05) is 44.7 Å². The number of hydrogen-bond acceptors (Lipinski definition) is 5. The molecule has 1 aliphatic heterocycles. The fraction of sp³-hybridized carbons (Fsp3) is 0.400. The van der Waals surface area contributed by atoms with Crippen LogP contribution in [0.1, 0.15) is 21.6 Å². The number of amides is 1. The lowest BCUT2D eigenvalue weighted by Gasteiger charge is -2.26. The van der Waals surface area contributed by atoms with E-state index < -0.39 is 0 Å². The number of nitrogens with one attached hydrogen (secondary N) is 2. The van der Waals surface area contributed by atoms with Gasteiger partial charge < -0.3 is 15.4 Å². The first kappa shape index (κ1) is 18.4. The molecular formula is C20H26N4O2. The summed E-state index contributed by atoms with van der Waals surface area (Å²) in [4.78, 5) is 18.8. The van der Waals surface area contributed by atoms with Crippen LogP contribution in [0, 0.1) is 6.92 Å². The van der Waals surface area contributed by atoms with Gasteiger partial charge in [-0.05, 0) is 24.6 Å². The molecule has 2 aromatic rings. The average Bonchev–Trinajstić information content (AvgIpc) is 2.67. The predicted molar refractivity (Wildman–Crippen MR) is 102 cm³/mol. The highest BCUT2D eigenvalue weighted by molar-refractivity contribution is 5.93. The monoisotopic (exact) mass is 354 g/mol. The first-order valence-corrected chi connectivity index (χ1v) is 9.04. The number of rotatable bonds is 7. The fourth-order valence-electron chi connectivity index (χ4n) is 2.93. The number of aromatic nitrogens is 1. The van der Waals surface area contributed by atoms with Crippen molar-refractivity contribution in [3.63, 3.8) is 0 Å². The molecule has 0 spiro atoms. The van der Waals surface area contributed by atoms with Gasteiger partial charge in [-0.1, -0.05) is 29.8 Å².